The minimum absolute atomic E-state index is 0.589. The zero-order valence-electron chi connectivity index (χ0n) is 13.3. The first kappa shape index (κ1) is 14.6. The molecule has 0 amide bonds. The van der Waals surface area contributed by atoms with E-state index in [0.717, 1.165) is 33.0 Å². The predicted octanol–water partition coefficient (Wildman–Crippen LogP) is 5.04. The lowest BCUT2D eigenvalue weighted by Crippen LogP contribution is -2.21. The van der Waals surface area contributed by atoms with Gasteiger partial charge in [-0.15, -0.1) is 11.3 Å². The Kier molecular flexibility index (Phi) is 3.95. The highest BCUT2D eigenvalue weighted by molar-refractivity contribution is 7.14. The maximum Gasteiger partial charge on any atom is 0.183 e. The molecule has 5 heteroatoms. The van der Waals surface area contributed by atoms with Gasteiger partial charge in [0.1, 0.15) is 5.75 Å². The second kappa shape index (κ2) is 6.24. The highest BCUT2D eigenvalue weighted by Crippen LogP contribution is 2.33. The molecule has 4 nitrogen and oxygen atoms in total. The van der Waals surface area contributed by atoms with E-state index in [1.165, 1.54) is 32.1 Å². The lowest BCUT2D eigenvalue weighted by atomic mass is 9.96. The molecule has 1 aliphatic rings. The largest absolute Gasteiger partial charge is 0.497 e. The molecular formula is C18H21N3OS. The lowest BCUT2D eigenvalue weighted by Gasteiger charge is -2.22. The Hall–Kier alpha value is -2.01. The quantitative estimate of drug-likeness (QED) is 0.705. The van der Waals surface area contributed by atoms with E-state index >= 15 is 0 Å². The maximum atomic E-state index is 5.34. The summed E-state index contributed by atoms with van der Waals surface area (Å²) in [7, 11) is 1.70. The molecule has 0 atom stereocenters. The highest BCUT2D eigenvalue weighted by Gasteiger charge is 2.16. The SMILES string of the molecule is COc1ccc2[nH]cc(-c3csc(NC4CCCCC4)n3)c2c1. The van der Waals surface area contributed by atoms with Crippen LogP contribution in [-0.4, -0.2) is 23.1 Å². The Balaban J connectivity index is 1.60. The summed E-state index contributed by atoms with van der Waals surface area (Å²) in [6, 6.07) is 6.67. The molecule has 0 unspecified atom stereocenters. The molecule has 0 spiro atoms. The number of thiazole rings is 1. The molecular weight excluding hydrogens is 306 g/mol. The van der Waals surface area contributed by atoms with E-state index in [0.29, 0.717) is 6.04 Å². The number of hydrogen-bond acceptors (Lipinski definition) is 4. The van der Waals surface area contributed by atoms with E-state index in [2.05, 4.69) is 21.7 Å². The van der Waals surface area contributed by atoms with Crippen molar-refractivity contribution in [1.29, 1.82) is 0 Å². The van der Waals surface area contributed by atoms with Gasteiger partial charge >= 0.3 is 0 Å². The zero-order chi connectivity index (χ0) is 15.6. The van der Waals surface area contributed by atoms with Crippen LogP contribution in [0.5, 0.6) is 5.75 Å². The molecule has 1 saturated carbocycles. The molecule has 0 bridgehead atoms. The summed E-state index contributed by atoms with van der Waals surface area (Å²) < 4.78 is 5.34. The third kappa shape index (κ3) is 2.93. The van der Waals surface area contributed by atoms with Crippen molar-refractivity contribution in [2.45, 2.75) is 38.1 Å². The monoisotopic (exact) mass is 327 g/mol. The van der Waals surface area contributed by atoms with Gasteiger partial charge in [-0.1, -0.05) is 19.3 Å². The fraction of sp³-hybridized carbons (Fsp3) is 0.389. The van der Waals surface area contributed by atoms with Crippen LogP contribution in [0.2, 0.25) is 0 Å². The number of rotatable bonds is 4. The number of ether oxygens (including phenoxy) is 1. The van der Waals surface area contributed by atoms with E-state index in [1.807, 2.05) is 18.3 Å². The van der Waals surface area contributed by atoms with Gasteiger partial charge in [-0.25, -0.2) is 4.98 Å². The van der Waals surface area contributed by atoms with E-state index in [1.54, 1.807) is 18.4 Å². The Labute approximate surface area is 139 Å². The zero-order valence-corrected chi connectivity index (χ0v) is 14.1. The summed E-state index contributed by atoms with van der Waals surface area (Å²) in [6.45, 7) is 0. The van der Waals surface area contributed by atoms with Crippen LogP contribution >= 0.6 is 11.3 Å². The third-order valence-corrected chi connectivity index (χ3v) is 5.38. The Bertz CT molecular complexity index is 802. The van der Waals surface area contributed by atoms with E-state index in [9.17, 15) is 0 Å². The van der Waals surface area contributed by atoms with Crippen LogP contribution in [0.15, 0.2) is 29.8 Å². The minimum atomic E-state index is 0.589. The standard InChI is InChI=1S/C18H21N3OS/c1-22-13-7-8-16-14(9-13)15(10-19-16)17-11-23-18(21-17)20-12-5-3-2-4-6-12/h7-12,19H,2-6H2,1H3,(H,20,21). The molecule has 1 aromatic carbocycles. The molecule has 0 aliphatic heterocycles. The number of aromatic nitrogens is 2. The van der Waals surface area contributed by atoms with Crippen LogP contribution < -0.4 is 10.1 Å². The van der Waals surface area contributed by atoms with Crippen LogP contribution in [-0.2, 0) is 0 Å². The van der Waals surface area contributed by atoms with Crippen LogP contribution in [0, 0.1) is 0 Å². The molecule has 120 valence electrons. The van der Waals surface area contributed by atoms with Gasteiger partial charge in [0.25, 0.3) is 0 Å². The van der Waals surface area contributed by atoms with Crippen LogP contribution in [0.3, 0.4) is 0 Å². The number of anilines is 1. The first-order chi connectivity index (χ1) is 11.3. The van der Waals surface area contributed by atoms with Gasteiger partial charge in [0.15, 0.2) is 5.13 Å². The first-order valence-electron chi connectivity index (χ1n) is 8.21. The van der Waals surface area contributed by atoms with Crippen molar-refractivity contribution in [3.05, 3.63) is 29.8 Å². The summed E-state index contributed by atoms with van der Waals surface area (Å²) in [5.74, 6) is 0.870. The number of aromatic amines is 1. The van der Waals surface area contributed by atoms with Crippen molar-refractivity contribution < 1.29 is 4.74 Å². The van der Waals surface area contributed by atoms with Gasteiger partial charge in [-0.3, -0.25) is 0 Å². The molecule has 1 fully saturated rings. The third-order valence-electron chi connectivity index (χ3n) is 4.60. The maximum absolute atomic E-state index is 5.34. The average molecular weight is 327 g/mol. The van der Waals surface area contributed by atoms with Crippen molar-refractivity contribution in [3.8, 4) is 17.0 Å². The van der Waals surface area contributed by atoms with E-state index in [4.69, 9.17) is 9.72 Å². The lowest BCUT2D eigenvalue weighted by molar-refractivity contribution is 0.415. The van der Waals surface area contributed by atoms with Crippen molar-refractivity contribution >= 4 is 27.4 Å². The molecule has 2 N–H and O–H groups in total. The van der Waals surface area contributed by atoms with Crippen molar-refractivity contribution in [2.24, 2.45) is 0 Å². The highest BCUT2D eigenvalue weighted by atomic mass is 32.1. The molecule has 2 heterocycles. The minimum Gasteiger partial charge on any atom is -0.497 e. The van der Waals surface area contributed by atoms with Gasteiger partial charge < -0.3 is 15.0 Å². The van der Waals surface area contributed by atoms with Gasteiger partial charge in [-0.2, -0.15) is 0 Å². The summed E-state index contributed by atoms with van der Waals surface area (Å²) in [4.78, 5) is 8.12. The predicted molar refractivity (Wildman–Crippen MR) is 96.5 cm³/mol. The smallest absolute Gasteiger partial charge is 0.183 e. The second-order valence-electron chi connectivity index (χ2n) is 6.13. The number of H-pyrrole nitrogens is 1. The van der Waals surface area contributed by atoms with Crippen LogP contribution in [0.4, 0.5) is 5.13 Å². The fourth-order valence-electron chi connectivity index (χ4n) is 3.32. The van der Waals surface area contributed by atoms with Crippen molar-refractivity contribution in [1.82, 2.24) is 9.97 Å². The van der Waals surface area contributed by atoms with Crippen molar-refractivity contribution in [3.63, 3.8) is 0 Å². The summed E-state index contributed by atoms with van der Waals surface area (Å²) >= 11 is 1.69. The first-order valence-corrected chi connectivity index (χ1v) is 9.09. The van der Waals surface area contributed by atoms with Crippen LogP contribution in [0.25, 0.3) is 22.2 Å². The number of nitrogens with one attached hydrogen (secondary N) is 2. The number of benzene rings is 1. The van der Waals surface area contributed by atoms with Crippen molar-refractivity contribution in [2.75, 3.05) is 12.4 Å². The Morgan fingerprint density at radius 3 is 2.96 bits per heavy atom. The summed E-state index contributed by atoms with van der Waals surface area (Å²) in [5, 5.41) is 7.92. The van der Waals surface area contributed by atoms with Gasteiger partial charge in [-0.05, 0) is 31.0 Å². The van der Waals surface area contributed by atoms with Gasteiger partial charge in [0.05, 0.1) is 12.8 Å². The molecule has 2 aromatic heterocycles. The summed E-state index contributed by atoms with van der Waals surface area (Å²) in [5.41, 5.74) is 3.26. The summed E-state index contributed by atoms with van der Waals surface area (Å²) in [6.07, 6.45) is 8.59. The average Bonchev–Trinajstić information content (AvgIpc) is 3.21. The molecule has 0 saturated heterocycles. The number of methoxy groups -OCH3 is 1. The molecule has 0 radical (unpaired) electrons. The Morgan fingerprint density at radius 1 is 1.26 bits per heavy atom. The topological polar surface area (TPSA) is 49.9 Å². The Morgan fingerprint density at radius 2 is 2.13 bits per heavy atom. The molecule has 1 aliphatic carbocycles. The number of hydrogen-bond donors (Lipinski definition) is 2. The van der Waals surface area contributed by atoms with Crippen LogP contribution in [0.1, 0.15) is 32.1 Å². The molecule has 4 rings (SSSR count). The molecule has 3 aromatic rings. The van der Waals surface area contributed by atoms with Gasteiger partial charge in [0, 0.05) is 34.1 Å². The van der Waals surface area contributed by atoms with E-state index in [-0.39, 0.29) is 0 Å². The van der Waals surface area contributed by atoms with Gasteiger partial charge in [0.2, 0.25) is 0 Å². The number of nitrogens with zero attached hydrogens (tertiary/aromatic N) is 1. The molecule has 23 heavy (non-hydrogen) atoms. The normalized spacial score (nSPS) is 15.9. The second-order valence-corrected chi connectivity index (χ2v) is 6.99. The number of fused-ring (bicyclic) bond motifs is 1. The fourth-order valence-corrected chi connectivity index (χ4v) is 4.11. The van der Waals surface area contributed by atoms with E-state index < -0.39 is 0 Å².